The number of nitrogens with zero attached hydrogens (tertiary/aromatic N) is 2. The predicted octanol–water partition coefficient (Wildman–Crippen LogP) is 2.33. The SMILES string of the molecule is CCCNCC1(CN2CCN(C3CC3)CC2)CCCC1. The molecule has 0 atom stereocenters. The van der Waals surface area contributed by atoms with Gasteiger partial charge in [-0.2, -0.15) is 0 Å². The second-order valence-corrected chi connectivity index (χ2v) is 7.43. The van der Waals surface area contributed by atoms with Crippen molar-refractivity contribution >= 4 is 0 Å². The molecule has 2 saturated carbocycles. The van der Waals surface area contributed by atoms with Crippen molar-refractivity contribution in [3.63, 3.8) is 0 Å². The minimum absolute atomic E-state index is 0.594. The highest BCUT2D eigenvalue weighted by molar-refractivity contribution is 4.92. The van der Waals surface area contributed by atoms with Crippen molar-refractivity contribution in [1.29, 1.82) is 0 Å². The molecule has 1 N–H and O–H groups in total. The van der Waals surface area contributed by atoms with Crippen LogP contribution >= 0.6 is 0 Å². The Morgan fingerprint density at radius 2 is 1.75 bits per heavy atom. The molecule has 0 radical (unpaired) electrons. The number of hydrogen-bond donors (Lipinski definition) is 1. The third kappa shape index (κ3) is 3.75. The van der Waals surface area contributed by atoms with Crippen LogP contribution in [0, 0.1) is 5.41 Å². The van der Waals surface area contributed by atoms with Gasteiger partial charge in [0.05, 0.1) is 0 Å². The van der Waals surface area contributed by atoms with Gasteiger partial charge in [0.25, 0.3) is 0 Å². The van der Waals surface area contributed by atoms with Crippen LogP contribution in [0.5, 0.6) is 0 Å². The molecule has 1 heterocycles. The van der Waals surface area contributed by atoms with Gasteiger partial charge in [0.2, 0.25) is 0 Å². The predicted molar refractivity (Wildman–Crippen MR) is 85.1 cm³/mol. The van der Waals surface area contributed by atoms with Crippen LogP contribution < -0.4 is 5.32 Å². The summed E-state index contributed by atoms with van der Waals surface area (Å²) in [6.45, 7) is 11.3. The van der Waals surface area contributed by atoms with Crippen LogP contribution in [0.15, 0.2) is 0 Å². The van der Waals surface area contributed by atoms with E-state index in [1.54, 1.807) is 0 Å². The second-order valence-electron chi connectivity index (χ2n) is 7.43. The highest BCUT2D eigenvalue weighted by Gasteiger charge is 2.37. The Kier molecular flexibility index (Phi) is 5.00. The van der Waals surface area contributed by atoms with E-state index in [9.17, 15) is 0 Å². The van der Waals surface area contributed by atoms with Gasteiger partial charge in [0.1, 0.15) is 0 Å². The highest BCUT2D eigenvalue weighted by atomic mass is 15.3. The molecule has 3 rings (SSSR count). The standard InChI is InChI=1S/C17H33N3/c1-2-9-18-14-17(7-3-4-8-17)15-19-10-12-20(13-11-19)16-5-6-16/h16,18H,2-15H2,1H3. The Balaban J connectivity index is 1.46. The van der Waals surface area contributed by atoms with E-state index in [0.29, 0.717) is 5.41 Å². The molecular weight excluding hydrogens is 246 g/mol. The smallest absolute Gasteiger partial charge is 0.0113 e. The molecule has 0 amide bonds. The Morgan fingerprint density at radius 3 is 2.35 bits per heavy atom. The van der Waals surface area contributed by atoms with Crippen molar-refractivity contribution in [3.8, 4) is 0 Å². The van der Waals surface area contributed by atoms with Gasteiger partial charge in [-0.15, -0.1) is 0 Å². The first-order chi connectivity index (χ1) is 9.81. The largest absolute Gasteiger partial charge is 0.316 e. The minimum atomic E-state index is 0.594. The van der Waals surface area contributed by atoms with Gasteiger partial charge in [-0.1, -0.05) is 19.8 Å². The van der Waals surface area contributed by atoms with E-state index in [1.165, 1.54) is 90.8 Å². The number of nitrogens with one attached hydrogen (secondary N) is 1. The van der Waals surface area contributed by atoms with Crippen LogP contribution in [0.3, 0.4) is 0 Å². The molecule has 0 unspecified atom stereocenters. The molecule has 0 aromatic heterocycles. The lowest BCUT2D eigenvalue weighted by Gasteiger charge is -2.40. The van der Waals surface area contributed by atoms with E-state index >= 15 is 0 Å². The summed E-state index contributed by atoms with van der Waals surface area (Å²) in [7, 11) is 0. The summed E-state index contributed by atoms with van der Waals surface area (Å²) in [4.78, 5) is 5.49. The Morgan fingerprint density at radius 1 is 1.05 bits per heavy atom. The normalized spacial score (nSPS) is 28.1. The molecule has 3 fully saturated rings. The van der Waals surface area contributed by atoms with Gasteiger partial charge >= 0.3 is 0 Å². The Bertz CT molecular complexity index is 287. The van der Waals surface area contributed by atoms with Crippen molar-refractivity contribution in [1.82, 2.24) is 15.1 Å². The van der Waals surface area contributed by atoms with Gasteiger partial charge in [0.15, 0.2) is 0 Å². The van der Waals surface area contributed by atoms with Gasteiger partial charge in [0, 0.05) is 45.3 Å². The van der Waals surface area contributed by atoms with E-state index in [0.717, 1.165) is 6.04 Å². The first-order valence-corrected chi connectivity index (χ1v) is 8.98. The zero-order valence-electron chi connectivity index (χ0n) is 13.4. The fourth-order valence-corrected chi connectivity index (χ4v) is 4.25. The monoisotopic (exact) mass is 279 g/mol. The van der Waals surface area contributed by atoms with Crippen molar-refractivity contribution in [2.75, 3.05) is 45.8 Å². The molecule has 2 aliphatic carbocycles. The van der Waals surface area contributed by atoms with E-state index in [4.69, 9.17) is 0 Å². The van der Waals surface area contributed by atoms with Gasteiger partial charge in [-0.25, -0.2) is 0 Å². The average molecular weight is 279 g/mol. The van der Waals surface area contributed by atoms with Crippen molar-refractivity contribution in [2.24, 2.45) is 5.41 Å². The maximum Gasteiger partial charge on any atom is 0.0113 e. The molecule has 1 aliphatic heterocycles. The summed E-state index contributed by atoms with van der Waals surface area (Å²) < 4.78 is 0. The summed E-state index contributed by atoms with van der Waals surface area (Å²) in [5.41, 5.74) is 0.594. The summed E-state index contributed by atoms with van der Waals surface area (Å²) >= 11 is 0. The van der Waals surface area contributed by atoms with Crippen LogP contribution in [-0.2, 0) is 0 Å². The molecule has 20 heavy (non-hydrogen) atoms. The zero-order valence-corrected chi connectivity index (χ0v) is 13.4. The third-order valence-electron chi connectivity index (χ3n) is 5.62. The summed E-state index contributed by atoms with van der Waals surface area (Å²) in [5, 5.41) is 3.71. The van der Waals surface area contributed by atoms with Gasteiger partial charge in [-0.3, -0.25) is 4.90 Å². The maximum atomic E-state index is 3.71. The number of piperazine rings is 1. The fourth-order valence-electron chi connectivity index (χ4n) is 4.25. The van der Waals surface area contributed by atoms with E-state index in [-0.39, 0.29) is 0 Å². The minimum Gasteiger partial charge on any atom is -0.316 e. The molecule has 3 heteroatoms. The van der Waals surface area contributed by atoms with E-state index in [2.05, 4.69) is 22.0 Å². The molecule has 116 valence electrons. The summed E-state index contributed by atoms with van der Waals surface area (Å²) in [6, 6.07) is 0.962. The fraction of sp³-hybridized carbons (Fsp3) is 1.00. The van der Waals surface area contributed by atoms with Crippen LogP contribution in [0.25, 0.3) is 0 Å². The zero-order chi connectivity index (χ0) is 13.8. The van der Waals surface area contributed by atoms with Crippen LogP contribution in [0.1, 0.15) is 51.9 Å². The van der Waals surface area contributed by atoms with Gasteiger partial charge < -0.3 is 10.2 Å². The molecule has 0 spiro atoms. The summed E-state index contributed by atoms with van der Waals surface area (Å²) in [5.74, 6) is 0. The molecule has 1 saturated heterocycles. The molecular formula is C17H33N3. The topological polar surface area (TPSA) is 18.5 Å². The van der Waals surface area contributed by atoms with Crippen molar-refractivity contribution in [2.45, 2.75) is 57.9 Å². The highest BCUT2D eigenvalue weighted by Crippen LogP contribution is 2.38. The van der Waals surface area contributed by atoms with Crippen molar-refractivity contribution < 1.29 is 0 Å². The second kappa shape index (κ2) is 6.76. The molecule has 0 bridgehead atoms. The maximum absolute atomic E-state index is 3.71. The molecule has 0 aromatic rings. The van der Waals surface area contributed by atoms with E-state index < -0.39 is 0 Å². The van der Waals surface area contributed by atoms with E-state index in [1.807, 2.05) is 0 Å². The summed E-state index contributed by atoms with van der Waals surface area (Å²) in [6.07, 6.45) is 10.00. The van der Waals surface area contributed by atoms with Crippen LogP contribution in [0.4, 0.5) is 0 Å². The third-order valence-corrected chi connectivity index (χ3v) is 5.62. The lowest BCUT2D eigenvalue weighted by atomic mass is 9.85. The van der Waals surface area contributed by atoms with Gasteiger partial charge in [-0.05, 0) is 44.1 Å². The van der Waals surface area contributed by atoms with Crippen LogP contribution in [-0.4, -0.2) is 61.7 Å². The first-order valence-electron chi connectivity index (χ1n) is 8.98. The molecule has 3 nitrogen and oxygen atoms in total. The Labute approximate surface area is 125 Å². The average Bonchev–Trinajstić information content (AvgIpc) is 3.22. The lowest BCUT2D eigenvalue weighted by Crippen LogP contribution is -2.51. The van der Waals surface area contributed by atoms with Crippen molar-refractivity contribution in [3.05, 3.63) is 0 Å². The molecule has 3 aliphatic rings. The lowest BCUT2D eigenvalue weighted by molar-refractivity contribution is 0.0816. The first kappa shape index (κ1) is 14.8. The molecule has 0 aromatic carbocycles. The van der Waals surface area contributed by atoms with Crippen LogP contribution in [0.2, 0.25) is 0 Å². The number of hydrogen-bond acceptors (Lipinski definition) is 3. The quantitative estimate of drug-likeness (QED) is 0.722. The number of rotatable bonds is 7. The Hall–Kier alpha value is -0.120.